The highest BCUT2D eigenvalue weighted by atomic mass is 35.5. The van der Waals surface area contributed by atoms with E-state index in [1.54, 1.807) is 25.1 Å². The van der Waals surface area contributed by atoms with Gasteiger partial charge >= 0.3 is 6.36 Å². The van der Waals surface area contributed by atoms with Gasteiger partial charge in [0, 0.05) is 22.7 Å². The van der Waals surface area contributed by atoms with E-state index in [1.165, 1.54) is 19.2 Å². The zero-order valence-corrected chi connectivity index (χ0v) is 18.7. The highest BCUT2D eigenvalue weighted by Gasteiger charge is 2.31. The summed E-state index contributed by atoms with van der Waals surface area (Å²) in [5.74, 6) is 0.201. The fourth-order valence-corrected chi connectivity index (χ4v) is 4.13. The Hall–Kier alpha value is -3.45. The van der Waals surface area contributed by atoms with Crippen LogP contribution >= 0.6 is 11.6 Å². The van der Waals surface area contributed by atoms with Crippen LogP contribution in [0.25, 0.3) is 33.2 Å². The van der Waals surface area contributed by atoms with Crippen molar-refractivity contribution in [1.82, 2.24) is 4.98 Å². The van der Waals surface area contributed by atoms with Crippen LogP contribution in [0.1, 0.15) is 11.3 Å². The number of benzene rings is 3. The predicted molar refractivity (Wildman–Crippen MR) is 123 cm³/mol. The first-order valence-electron chi connectivity index (χ1n) is 9.94. The molecule has 1 heterocycles. The number of fused-ring (bicyclic) bond motifs is 1. The summed E-state index contributed by atoms with van der Waals surface area (Å²) in [6.45, 7) is 3.53. The topological polar surface area (TPSA) is 51.3 Å². The zero-order valence-electron chi connectivity index (χ0n) is 17.9. The van der Waals surface area contributed by atoms with Gasteiger partial charge in [0.15, 0.2) is 5.43 Å². The molecule has 0 unspecified atom stereocenters. The minimum absolute atomic E-state index is 0.164. The van der Waals surface area contributed by atoms with Crippen molar-refractivity contribution in [2.45, 2.75) is 20.2 Å². The molecule has 3 aromatic carbocycles. The third-order valence-electron chi connectivity index (χ3n) is 5.38. The largest absolute Gasteiger partial charge is 0.573 e. The Morgan fingerprint density at radius 2 is 1.61 bits per heavy atom. The number of halogens is 4. The van der Waals surface area contributed by atoms with Crippen molar-refractivity contribution in [2.24, 2.45) is 0 Å². The number of aromatic amines is 1. The van der Waals surface area contributed by atoms with E-state index in [0.29, 0.717) is 44.1 Å². The summed E-state index contributed by atoms with van der Waals surface area (Å²) in [7, 11) is 1.51. The molecule has 8 heteroatoms. The number of rotatable bonds is 4. The van der Waals surface area contributed by atoms with Gasteiger partial charge in [-0.05, 0) is 54.3 Å². The first-order chi connectivity index (χ1) is 15.6. The van der Waals surface area contributed by atoms with Gasteiger partial charge in [0.1, 0.15) is 11.5 Å². The molecule has 0 atom stereocenters. The monoisotopic (exact) mass is 473 g/mol. The summed E-state index contributed by atoms with van der Waals surface area (Å²) in [4.78, 5) is 16.5. The van der Waals surface area contributed by atoms with E-state index in [4.69, 9.17) is 16.3 Å². The molecule has 1 aromatic heterocycles. The van der Waals surface area contributed by atoms with Crippen LogP contribution in [0.5, 0.6) is 11.5 Å². The molecule has 0 bridgehead atoms. The third kappa shape index (κ3) is 4.54. The zero-order chi connectivity index (χ0) is 23.9. The summed E-state index contributed by atoms with van der Waals surface area (Å²) in [6.07, 6.45) is -4.74. The number of ether oxygens (including phenoxy) is 2. The number of aromatic nitrogens is 1. The van der Waals surface area contributed by atoms with Crippen LogP contribution in [0.15, 0.2) is 59.4 Å². The molecular weight excluding hydrogens is 455 g/mol. The van der Waals surface area contributed by atoms with Gasteiger partial charge in [0.05, 0.1) is 17.6 Å². The summed E-state index contributed by atoms with van der Waals surface area (Å²) in [5.41, 5.74) is 4.57. The van der Waals surface area contributed by atoms with Crippen LogP contribution in [0, 0.1) is 13.8 Å². The van der Waals surface area contributed by atoms with E-state index in [-0.39, 0.29) is 11.2 Å². The molecule has 0 saturated carbocycles. The van der Waals surface area contributed by atoms with Gasteiger partial charge in [-0.1, -0.05) is 41.9 Å². The number of methoxy groups -OCH3 is 1. The molecule has 0 radical (unpaired) electrons. The van der Waals surface area contributed by atoms with Crippen LogP contribution in [0.4, 0.5) is 13.2 Å². The highest BCUT2D eigenvalue weighted by molar-refractivity contribution is 6.32. The minimum atomic E-state index is -4.74. The molecule has 0 saturated heterocycles. The van der Waals surface area contributed by atoms with E-state index in [9.17, 15) is 18.0 Å². The van der Waals surface area contributed by atoms with Gasteiger partial charge < -0.3 is 14.5 Å². The molecule has 0 aliphatic rings. The second kappa shape index (κ2) is 8.48. The quantitative estimate of drug-likeness (QED) is 0.346. The van der Waals surface area contributed by atoms with Crippen LogP contribution < -0.4 is 14.9 Å². The van der Waals surface area contributed by atoms with E-state index < -0.39 is 6.36 Å². The van der Waals surface area contributed by atoms with E-state index >= 15 is 0 Å². The summed E-state index contributed by atoms with van der Waals surface area (Å²) in [6, 6.07) is 14.7. The summed E-state index contributed by atoms with van der Waals surface area (Å²) >= 11 is 6.21. The number of alkyl halides is 3. The lowest BCUT2D eigenvalue weighted by Crippen LogP contribution is -2.17. The van der Waals surface area contributed by atoms with E-state index in [2.05, 4.69) is 9.72 Å². The van der Waals surface area contributed by atoms with Gasteiger partial charge in [-0.2, -0.15) is 0 Å². The molecule has 0 spiro atoms. The highest BCUT2D eigenvalue weighted by Crippen LogP contribution is 2.33. The third-order valence-corrected chi connectivity index (χ3v) is 5.67. The van der Waals surface area contributed by atoms with Crippen LogP contribution in [-0.2, 0) is 0 Å². The van der Waals surface area contributed by atoms with Gasteiger partial charge in [-0.25, -0.2) is 0 Å². The van der Waals surface area contributed by atoms with Crippen molar-refractivity contribution >= 4 is 22.5 Å². The van der Waals surface area contributed by atoms with Gasteiger partial charge in [-0.3, -0.25) is 4.79 Å². The van der Waals surface area contributed by atoms with E-state index in [1.807, 2.05) is 31.2 Å². The first kappa shape index (κ1) is 22.7. The molecule has 4 nitrogen and oxygen atoms in total. The average Bonchev–Trinajstić information content (AvgIpc) is 2.74. The fourth-order valence-electron chi connectivity index (χ4n) is 3.89. The second-order valence-electron chi connectivity index (χ2n) is 7.59. The van der Waals surface area contributed by atoms with Crippen molar-refractivity contribution in [1.29, 1.82) is 0 Å². The smallest absolute Gasteiger partial charge is 0.495 e. The van der Waals surface area contributed by atoms with E-state index in [0.717, 1.165) is 11.1 Å². The van der Waals surface area contributed by atoms with Gasteiger partial charge in [0.2, 0.25) is 0 Å². The van der Waals surface area contributed by atoms with Crippen LogP contribution in [0.3, 0.4) is 0 Å². The Kier molecular flexibility index (Phi) is 5.84. The minimum Gasteiger partial charge on any atom is -0.495 e. The van der Waals surface area contributed by atoms with Gasteiger partial charge in [-0.15, -0.1) is 13.2 Å². The lowest BCUT2D eigenvalue weighted by molar-refractivity contribution is -0.274. The fraction of sp³-hybridized carbons (Fsp3) is 0.160. The summed E-state index contributed by atoms with van der Waals surface area (Å²) in [5, 5.41) is 0.788. The standard InChI is InChI=1S/C25H19ClF3NO3/c1-13-10-17(33-25(27,28)29)8-9-18(13)15-4-6-16(7-5-15)23-14(2)30-21-12-22(32-3)20(26)11-19(21)24(23)31/h4-12H,1-3H3,(H,30,31). The lowest BCUT2D eigenvalue weighted by atomic mass is 9.96. The molecule has 33 heavy (non-hydrogen) atoms. The number of hydrogen-bond acceptors (Lipinski definition) is 3. The normalized spacial score (nSPS) is 11.6. The average molecular weight is 474 g/mol. The molecule has 0 fully saturated rings. The molecule has 1 N–H and O–H groups in total. The molecule has 0 aliphatic carbocycles. The van der Waals surface area contributed by atoms with Gasteiger partial charge in [0.25, 0.3) is 0 Å². The van der Waals surface area contributed by atoms with Crippen molar-refractivity contribution in [3.8, 4) is 33.8 Å². The van der Waals surface area contributed by atoms with Crippen LogP contribution in [-0.4, -0.2) is 18.5 Å². The molecule has 0 aliphatic heterocycles. The Balaban J connectivity index is 1.72. The SMILES string of the molecule is COc1cc2[nH]c(C)c(-c3ccc(-c4ccc(OC(F)(F)F)cc4C)cc3)c(=O)c2cc1Cl. The Morgan fingerprint density at radius 3 is 2.21 bits per heavy atom. The Bertz CT molecular complexity index is 1410. The number of aryl methyl sites for hydroxylation is 2. The number of hydrogen-bond donors (Lipinski definition) is 1. The first-order valence-corrected chi connectivity index (χ1v) is 10.3. The second-order valence-corrected chi connectivity index (χ2v) is 8.00. The Labute approximate surface area is 192 Å². The number of pyridine rings is 1. The summed E-state index contributed by atoms with van der Waals surface area (Å²) < 4.78 is 46.6. The van der Waals surface area contributed by atoms with Crippen molar-refractivity contribution in [3.63, 3.8) is 0 Å². The predicted octanol–water partition coefficient (Wildman–Crippen LogP) is 7.04. The Morgan fingerprint density at radius 1 is 0.939 bits per heavy atom. The van der Waals surface area contributed by atoms with Crippen molar-refractivity contribution in [2.75, 3.05) is 7.11 Å². The maximum Gasteiger partial charge on any atom is 0.573 e. The molecule has 4 rings (SSSR count). The molecule has 4 aromatic rings. The maximum absolute atomic E-state index is 13.2. The number of nitrogens with one attached hydrogen (secondary N) is 1. The van der Waals surface area contributed by atoms with Crippen molar-refractivity contribution in [3.05, 3.63) is 81.1 Å². The number of H-pyrrole nitrogens is 1. The van der Waals surface area contributed by atoms with Crippen LogP contribution in [0.2, 0.25) is 5.02 Å². The molecular formula is C25H19ClF3NO3. The van der Waals surface area contributed by atoms with Crippen molar-refractivity contribution < 1.29 is 22.6 Å². The maximum atomic E-state index is 13.2. The molecule has 0 amide bonds. The lowest BCUT2D eigenvalue weighted by Gasteiger charge is -2.13. The molecule has 170 valence electrons.